The highest BCUT2D eigenvalue weighted by Crippen LogP contribution is 2.33. The molecule has 0 unspecified atom stereocenters. The molecule has 2 aliphatic heterocycles. The smallest absolute Gasteiger partial charge is 0.406 e. The van der Waals surface area contributed by atoms with Crippen LogP contribution in [0.15, 0.2) is 24.3 Å². The summed E-state index contributed by atoms with van der Waals surface area (Å²) in [5, 5.41) is 3.38. The minimum atomic E-state index is -4.47. The van der Waals surface area contributed by atoms with Crippen LogP contribution in [-0.4, -0.2) is 76.6 Å². The van der Waals surface area contributed by atoms with Gasteiger partial charge in [-0.1, -0.05) is 12.1 Å². The maximum atomic E-state index is 13.1. The molecule has 2 amide bonds. The molecule has 9 nitrogen and oxygen atoms in total. The van der Waals surface area contributed by atoms with Crippen molar-refractivity contribution in [2.45, 2.75) is 52.5 Å². The number of fused-ring (bicyclic) bond motifs is 1. The summed E-state index contributed by atoms with van der Waals surface area (Å²) < 4.78 is 43.9. The van der Waals surface area contributed by atoms with Crippen LogP contribution in [0, 0.1) is 0 Å². The van der Waals surface area contributed by atoms with Gasteiger partial charge in [0.15, 0.2) is 0 Å². The molecule has 1 aromatic heterocycles. The standard InChI is InChI=1S/C25H31F3N6O3/c1-5-37-18-8-6-17(7-9-18)16(4)29-22-19-12-34(15(2)3)23(36)21(19)30-24(31-22)32-10-11-33(20(35)13-32)14-25(26,27)28/h6-9,15-16H,5,10-14H2,1-4H3,(H,29,30,31)/t16-/m1/s1. The van der Waals surface area contributed by atoms with Crippen molar-refractivity contribution in [2.24, 2.45) is 0 Å². The molecule has 1 saturated heterocycles. The van der Waals surface area contributed by atoms with Gasteiger partial charge in [0.05, 0.1) is 13.2 Å². The number of carbonyl (C=O) groups excluding carboxylic acids is 2. The van der Waals surface area contributed by atoms with E-state index >= 15 is 0 Å². The lowest BCUT2D eigenvalue weighted by Gasteiger charge is -2.34. The Hall–Kier alpha value is -3.57. The summed E-state index contributed by atoms with van der Waals surface area (Å²) in [5.74, 6) is 0.450. The number of rotatable bonds is 8. The largest absolute Gasteiger partial charge is 0.494 e. The van der Waals surface area contributed by atoms with Crippen LogP contribution in [0.2, 0.25) is 0 Å². The normalized spacial score (nSPS) is 16.9. The number of carbonyl (C=O) groups is 2. The van der Waals surface area contributed by atoms with E-state index in [1.54, 1.807) is 4.90 Å². The molecule has 1 fully saturated rings. The van der Waals surface area contributed by atoms with Crippen molar-refractivity contribution in [3.05, 3.63) is 41.1 Å². The summed E-state index contributed by atoms with van der Waals surface area (Å²) in [6.45, 7) is 7.01. The monoisotopic (exact) mass is 520 g/mol. The second-order valence-corrected chi connectivity index (χ2v) is 9.45. The molecule has 0 spiro atoms. The Morgan fingerprint density at radius 1 is 1.05 bits per heavy atom. The number of hydrogen-bond donors (Lipinski definition) is 1. The van der Waals surface area contributed by atoms with E-state index in [1.165, 1.54) is 4.90 Å². The van der Waals surface area contributed by atoms with Crippen LogP contribution >= 0.6 is 0 Å². The summed E-state index contributed by atoms with van der Waals surface area (Å²) in [5.41, 5.74) is 1.87. The summed E-state index contributed by atoms with van der Waals surface area (Å²) in [6, 6.07) is 7.39. The Balaban J connectivity index is 1.61. The Morgan fingerprint density at radius 2 is 1.76 bits per heavy atom. The van der Waals surface area contributed by atoms with Gasteiger partial charge >= 0.3 is 6.18 Å². The second-order valence-electron chi connectivity index (χ2n) is 9.45. The van der Waals surface area contributed by atoms with Gasteiger partial charge in [0.25, 0.3) is 5.91 Å². The van der Waals surface area contributed by atoms with Crippen LogP contribution in [0.3, 0.4) is 0 Å². The molecule has 200 valence electrons. The number of aromatic nitrogens is 2. The van der Waals surface area contributed by atoms with Crippen molar-refractivity contribution in [1.29, 1.82) is 0 Å². The summed E-state index contributed by atoms with van der Waals surface area (Å²) in [7, 11) is 0. The van der Waals surface area contributed by atoms with E-state index in [0.29, 0.717) is 24.5 Å². The average Bonchev–Trinajstić information content (AvgIpc) is 3.17. The van der Waals surface area contributed by atoms with E-state index in [2.05, 4.69) is 15.3 Å². The number of alkyl halides is 3. The maximum absolute atomic E-state index is 13.1. The number of nitrogens with zero attached hydrogens (tertiary/aromatic N) is 5. The summed E-state index contributed by atoms with van der Waals surface area (Å²) in [4.78, 5) is 38.7. The fourth-order valence-corrected chi connectivity index (χ4v) is 4.43. The SMILES string of the molecule is CCOc1ccc([C@@H](C)Nc2nc(N3CCN(CC(F)(F)F)C(=O)C3)nc3c2CN(C(C)C)C3=O)cc1. The van der Waals surface area contributed by atoms with E-state index in [0.717, 1.165) is 16.2 Å². The zero-order valence-electron chi connectivity index (χ0n) is 21.3. The molecule has 1 N–H and O–H groups in total. The minimum absolute atomic E-state index is 0.0611. The average molecular weight is 521 g/mol. The number of nitrogens with one attached hydrogen (secondary N) is 1. The van der Waals surface area contributed by atoms with Crippen LogP contribution in [0.5, 0.6) is 5.75 Å². The third-order valence-electron chi connectivity index (χ3n) is 6.43. The predicted molar refractivity (Wildman–Crippen MR) is 132 cm³/mol. The van der Waals surface area contributed by atoms with Crippen molar-refractivity contribution < 1.29 is 27.5 Å². The van der Waals surface area contributed by atoms with Gasteiger partial charge in [0.2, 0.25) is 11.9 Å². The number of anilines is 2. The van der Waals surface area contributed by atoms with Gasteiger partial charge < -0.3 is 24.8 Å². The fourth-order valence-electron chi connectivity index (χ4n) is 4.43. The summed E-state index contributed by atoms with van der Waals surface area (Å²) in [6.07, 6.45) is -4.47. The third-order valence-corrected chi connectivity index (χ3v) is 6.43. The Bertz CT molecular complexity index is 1160. The topological polar surface area (TPSA) is 90.9 Å². The molecular weight excluding hydrogens is 489 g/mol. The molecule has 0 saturated carbocycles. The van der Waals surface area contributed by atoms with Crippen molar-refractivity contribution in [2.75, 3.05) is 43.0 Å². The number of amides is 2. The van der Waals surface area contributed by atoms with Crippen LogP contribution in [0.25, 0.3) is 0 Å². The molecule has 0 aliphatic carbocycles. The maximum Gasteiger partial charge on any atom is 0.406 e. The number of hydrogen-bond acceptors (Lipinski definition) is 7. The molecule has 1 aromatic carbocycles. The first-order chi connectivity index (χ1) is 17.5. The zero-order chi connectivity index (χ0) is 26.9. The van der Waals surface area contributed by atoms with Crippen LogP contribution < -0.4 is 15.0 Å². The van der Waals surface area contributed by atoms with E-state index in [1.807, 2.05) is 52.0 Å². The first-order valence-corrected chi connectivity index (χ1v) is 12.3. The van der Waals surface area contributed by atoms with E-state index < -0.39 is 18.6 Å². The number of benzene rings is 1. The van der Waals surface area contributed by atoms with Crippen LogP contribution in [-0.2, 0) is 11.3 Å². The predicted octanol–water partition coefficient (Wildman–Crippen LogP) is 3.62. The van der Waals surface area contributed by atoms with Gasteiger partial charge in [-0.05, 0) is 45.4 Å². The minimum Gasteiger partial charge on any atom is -0.494 e. The highest BCUT2D eigenvalue weighted by atomic mass is 19.4. The molecule has 4 rings (SSSR count). The van der Waals surface area contributed by atoms with Crippen molar-refractivity contribution in [1.82, 2.24) is 19.8 Å². The second kappa shape index (κ2) is 10.4. The van der Waals surface area contributed by atoms with Gasteiger partial charge in [-0.2, -0.15) is 18.2 Å². The molecule has 37 heavy (non-hydrogen) atoms. The van der Waals surface area contributed by atoms with Gasteiger partial charge in [-0.15, -0.1) is 0 Å². The van der Waals surface area contributed by atoms with Gasteiger partial charge in [-0.25, -0.2) is 4.98 Å². The molecule has 0 radical (unpaired) electrons. The van der Waals surface area contributed by atoms with E-state index in [-0.39, 0.29) is 49.3 Å². The third kappa shape index (κ3) is 5.89. The first kappa shape index (κ1) is 26.5. The lowest BCUT2D eigenvalue weighted by atomic mass is 10.1. The van der Waals surface area contributed by atoms with E-state index in [4.69, 9.17) is 4.74 Å². The number of halogens is 3. The van der Waals surface area contributed by atoms with E-state index in [9.17, 15) is 22.8 Å². The quantitative estimate of drug-likeness (QED) is 0.569. The number of piperazine rings is 1. The van der Waals surface area contributed by atoms with Gasteiger partial charge in [0, 0.05) is 30.7 Å². The molecule has 0 bridgehead atoms. The van der Waals surface area contributed by atoms with Gasteiger partial charge in [0.1, 0.15) is 30.4 Å². The van der Waals surface area contributed by atoms with Crippen LogP contribution in [0.4, 0.5) is 24.9 Å². The van der Waals surface area contributed by atoms with Crippen molar-refractivity contribution >= 4 is 23.6 Å². The lowest BCUT2D eigenvalue weighted by Crippen LogP contribution is -2.53. The van der Waals surface area contributed by atoms with Crippen LogP contribution in [0.1, 0.15) is 55.4 Å². The highest BCUT2D eigenvalue weighted by Gasteiger charge is 2.38. The Kier molecular flexibility index (Phi) is 7.47. The Labute approximate surface area is 213 Å². The Morgan fingerprint density at radius 3 is 2.35 bits per heavy atom. The molecule has 12 heteroatoms. The molecule has 3 heterocycles. The van der Waals surface area contributed by atoms with Gasteiger partial charge in [-0.3, -0.25) is 9.59 Å². The fraction of sp³-hybridized carbons (Fsp3) is 0.520. The van der Waals surface area contributed by atoms with Crippen molar-refractivity contribution in [3.8, 4) is 5.75 Å². The molecule has 1 atom stereocenters. The summed E-state index contributed by atoms with van der Waals surface area (Å²) >= 11 is 0. The first-order valence-electron chi connectivity index (χ1n) is 12.3. The van der Waals surface area contributed by atoms with Crippen molar-refractivity contribution in [3.63, 3.8) is 0 Å². The number of ether oxygens (including phenoxy) is 1. The molecule has 2 aliphatic rings. The molecular formula is C25H31F3N6O3. The zero-order valence-corrected chi connectivity index (χ0v) is 21.3. The lowest BCUT2D eigenvalue weighted by molar-refractivity contribution is -0.161. The highest BCUT2D eigenvalue weighted by molar-refractivity contribution is 5.98. The molecule has 2 aromatic rings.